The fourth-order valence-corrected chi connectivity index (χ4v) is 1.77. The third-order valence-electron chi connectivity index (χ3n) is 2.68. The highest BCUT2D eigenvalue weighted by Crippen LogP contribution is 2.19. The molecule has 0 atom stereocenters. The number of hydrogen-bond acceptors (Lipinski definition) is 3. The number of ether oxygens (including phenoxy) is 1. The molecule has 90 valence electrons. The fourth-order valence-electron chi connectivity index (χ4n) is 1.77. The third-order valence-corrected chi connectivity index (χ3v) is 2.68. The van der Waals surface area contributed by atoms with Crippen molar-refractivity contribution in [2.75, 3.05) is 0 Å². The van der Waals surface area contributed by atoms with Gasteiger partial charge in [0.2, 0.25) is 0 Å². The van der Waals surface area contributed by atoms with Gasteiger partial charge in [-0.15, -0.1) is 0 Å². The van der Waals surface area contributed by atoms with Crippen molar-refractivity contribution < 1.29 is 4.74 Å². The Bertz CT molecular complexity index is 505. The van der Waals surface area contributed by atoms with Crippen molar-refractivity contribution in [2.24, 2.45) is 0 Å². The van der Waals surface area contributed by atoms with E-state index in [0.717, 1.165) is 23.7 Å². The number of aromatic nitrogens is 3. The van der Waals surface area contributed by atoms with Gasteiger partial charge in [0.1, 0.15) is 18.7 Å². The summed E-state index contributed by atoms with van der Waals surface area (Å²) in [5.41, 5.74) is 2.39. The first kappa shape index (κ1) is 11.6. The average Bonchev–Trinajstić information content (AvgIpc) is 2.75. The van der Waals surface area contributed by atoms with E-state index in [1.54, 1.807) is 6.33 Å². The van der Waals surface area contributed by atoms with E-state index in [1.165, 1.54) is 5.56 Å². The van der Waals surface area contributed by atoms with Crippen molar-refractivity contribution in [3.05, 3.63) is 41.5 Å². The van der Waals surface area contributed by atoms with Crippen LogP contribution in [0.2, 0.25) is 0 Å². The lowest BCUT2D eigenvalue weighted by molar-refractivity contribution is 0.285. The van der Waals surface area contributed by atoms with E-state index < -0.39 is 0 Å². The van der Waals surface area contributed by atoms with E-state index in [-0.39, 0.29) is 0 Å². The molecule has 4 nitrogen and oxygen atoms in total. The lowest BCUT2D eigenvalue weighted by Crippen LogP contribution is -2.07. The zero-order valence-electron chi connectivity index (χ0n) is 10.5. The van der Waals surface area contributed by atoms with Gasteiger partial charge in [0, 0.05) is 6.54 Å². The Morgan fingerprint density at radius 3 is 2.82 bits per heavy atom. The molecule has 17 heavy (non-hydrogen) atoms. The van der Waals surface area contributed by atoms with Gasteiger partial charge in [0.05, 0.1) is 0 Å². The Kier molecular flexibility index (Phi) is 3.42. The first-order valence-corrected chi connectivity index (χ1v) is 5.77. The normalized spacial score (nSPS) is 10.5. The molecule has 0 aliphatic rings. The standard InChI is InChI=1S/C13H17N3O/c1-4-16-13(14-9-15-16)8-17-12-6-5-10(2)7-11(12)3/h5-7,9H,4,8H2,1-3H3. The summed E-state index contributed by atoms with van der Waals surface area (Å²) in [4.78, 5) is 4.18. The third kappa shape index (κ3) is 2.64. The van der Waals surface area contributed by atoms with Crippen molar-refractivity contribution in [3.8, 4) is 5.75 Å². The first-order valence-electron chi connectivity index (χ1n) is 5.77. The summed E-state index contributed by atoms with van der Waals surface area (Å²) in [5.74, 6) is 1.76. The van der Waals surface area contributed by atoms with E-state index >= 15 is 0 Å². The maximum atomic E-state index is 5.76. The van der Waals surface area contributed by atoms with Crippen LogP contribution in [0, 0.1) is 13.8 Å². The summed E-state index contributed by atoms with van der Waals surface area (Å²) in [6.07, 6.45) is 1.56. The maximum Gasteiger partial charge on any atom is 0.164 e. The van der Waals surface area contributed by atoms with Gasteiger partial charge < -0.3 is 4.74 Å². The maximum absolute atomic E-state index is 5.76. The number of rotatable bonds is 4. The van der Waals surface area contributed by atoms with Crippen LogP contribution in [0.3, 0.4) is 0 Å². The van der Waals surface area contributed by atoms with Gasteiger partial charge >= 0.3 is 0 Å². The Morgan fingerprint density at radius 2 is 2.12 bits per heavy atom. The van der Waals surface area contributed by atoms with Crippen LogP contribution >= 0.6 is 0 Å². The second-order valence-electron chi connectivity index (χ2n) is 4.05. The van der Waals surface area contributed by atoms with Crippen molar-refractivity contribution in [3.63, 3.8) is 0 Å². The molecule has 0 N–H and O–H groups in total. The van der Waals surface area contributed by atoms with Crippen molar-refractivity contribution in [1.82, 2.24) is 14.8 Å². The molecule has 0 saturated heterocycles. The summed E-state index contributed by atoms with van der Waals surface area (Å²) in [5, 5.41) is 4.11. The van der Waals surface area contributed by atoms with Crippen LogP contribution < -0.4 is 4.74 Å². The van der Waals surface area contributed by atoms with Crippen molar-refractivity contribution in [2.45, 2.75) is 33.9 Å². The summed E-state index contributed by atoms with van der Waals surface area (Å²) in [7, 11) is 0. The molecule has 0 saturated carbocycles. The molecule has 2 rings (SSSR count). The Morgan fingerprint density at radius 1 is 1.29 bits per heavy atom. The van der Waals surface area contributed by atoms with E-state index in [4.69, 9.17) is 4.74 Å². The van der Waals surface area contributed by atoms with Crippen LogP contribution in [0.5, 0.6) is 5.75 Å². The molecule has 0 fully saturated rings. The highest BCUT2D eigenvalue weighted by molar-refractivity contribution is 5.35. The lowest BCUT2D eigenvalue weighted by atomic mass is 10.1. The monoisotopic (exact) mass is 231 g/mol. The van der Waals surface area contributed by atoms with Crippen molar-refractivity contribution in [1.29, 1.82) is 0 Å². The van der Waals surface area contributed by atoms with E-state index in [1.807, 2.05) is 30.7 Å². The molecule has 0 amide bonds. The van der Waals surface area contributed by atoms with E-state index in [2.05, 4.69) is 23.1 Å². The summed E-state index contributed by atoms with van der Waals surface area (Å²) in [6.45, 7) is 7.43. The van der Waals surface area contributed by atoms with Crippen LogP contribution in [0.4, 0.5) is 0 Å². The molecule has 1 heterocycles. The molecule has 0 radical (unpaired) electrons. The van der Waals surface area contributed by atoms with Crippen molar-refractivity contribution >= 4 is 0 Å². The minimum Gasteiger partial charge on any atom is -0.485 e. The molecule has 0 unspecified atom stereocenters. The second kappa shape index (κ2) is 4.99. The zero-order chi connectivity index (χ0) is 12.3. The molecule has 0 spiro atoms. The van der Waals surface area contributed by atoms with E-state index in [0.29, 0.717) is 6.61 Å². The number of hydrogen-bond donors (Lipinski definition) is 0. The van der Waals surface area contributed by atoms with E-state index in [9.17, 15) is 0 Å². The number of benzene rings is 1. The SMILES string of the molecule is CCn1ncnc1COc1ccc(C)cc1C. The smallest absolute Gasteiger partial charge is 0.164 e. The topological polar surface area (TPSA) is 39.9 Å². The van der Waals surface area contributed by atoms with Gasteiger partial charge in [-0.05, 0) is 32.4 Å². The molecule has 1 aromatic carbocycles. The van der Waals surface area contributed by atoms with Gasteiger partial charge in [-0.1, -0.05) is 17.7 Å². The van der Waals surface area contributed by atoms with Gasteiger partial charge in [-0.2, -0.15) is 5.10 Å². The van der Waals surface area contributed by atoms with Gasteiger partial charge in [0.25, 0.3) is 0 Å². The second-order valence-corrected chi connectivity index (χ2v) is 4.05. The van der Waals surface area contributed by atoms with Gasteiger partial charge in [0.15, 0.2) is 5.82 Å². The quantitative estimate of drug-likeness (QED) is 0.811. The molecule has 1 aromatic heterocycles. The number of nitrogens with zero attached hydrogens (tertiary/aromatic N) is 3. The summed E-state index contributed by atoms with van der Waals surface area (Å²) >= 11 is 0. The Labute approximate surface area is 101 Å². The highest BCUT2D eigenvalue weighted by Gasteiger charge is 2.05. The Balaban J connectivity index is 2.07. The lowest BCUT2D eigenvalue weighted by Gasteiger charge is -2.09. The van der Waals surface area contributed by atoms with Crippen LogP contribution in [-0.2, 0) is 13.2 Å². The molecule has 0 bridgehead atoms. The molecule has 0 aliphatic carbocycles. The zero-order valence-corrected chi connectivity index (χ0v) is 10.5. The first-order chi connectivity index (χ1) is 8.20. The highest BCUT2D eigenvalue weighted by atomic mass is 16.5. The van der Waals surface area contributed by atoms with Crippen LogP contribution in [0.1, 0.15) is 23.9 Å². The fraction of sp³-hybridized carbons (Fsp3) is 0.385. The van der Waals surface area contributed by atoms with Crippen LogP contribution in [0.15, 0.2) is 24.5 Å². The largest absolute Gasteiger partial charge is 0.485 e. The summed E-state index contributed by atoms with van der Waals surface area (Å²) < 4.78 is 7.59. The minimum atomic E-state index is 0.456. The van der Waals surface area contributed by atoms with Crippen LogP contribution in [0.25, 0.3) is 0 Å². The van der Waals surface area contributed by atoms with Crippen LogP contribution in [-0.4, -0.2) is 14.8 Å². The molecular formula is C13H17N3O. The molecular weight excluding hydrogens is 214 g/mol. The predicted octanol–water partition coefficient (Wildman–Crippen LogP) is 2.49. The van der Waals surface area contributed by atoms with Gasteiger partial charge in [-0.3, -0.25) is 0 Å². The Hall–Kier alpha value is -1.84. The molecule has 2 aromatic rings. The minimum absolute atomic E-state index is 0.456. The predicted molar refractivity (Wildman–Crippen MR) is 65.9 cm³/mol. The molecule has 0 aliphatic heterocycles. The average molecular weight is 231 g/mol. The number of aryl methyl sites for hydroxylation is 3. The summed E-state index contributed by atoms with van der Waals surface area (Å²) in [6, 6.07) is 6.16. The van der Waals surface area contributed by atoms with Gasteiger partial charge in [-0.25, -0.2) is 9.67 Å². The molecule has 4 heteroatoms.